The van der Waals surface area contributed by atoms with E-state index in [0.717, 1.165) is 0 Å². The van der Waals surface area contributed by atoms with E-state index in [-0.39, 0.29) is 29.3 Å². The third-order valence-electron chi connectivity index (χ3n) is 4.60. The first kappa shape index (κ1) is 25.1. The number of carboxylic acid groups (broad SMARTS) is 1. The first-order chi connectivity index (χ1) is 14.6. The monoisotopic (exact) mass is 467 g/mol. The normalized spacial score (nSPS) is 13.5. The quantitative estimate of drug-likeness (QED) is 0.530. The van der Waals surface area contributed by atoms with Crippen molar-refractivity contribution in [2.45, 2.75) is 31.3 Å². The van der Waals surface area contributed by atoms with Crippen LogP contribution in [0.3, 0.4) is 0 Å². The predicted molar refractivity (Wildman–Crippen MR) is 97.9 cm³/mol. The number of rotatable bonds is 6. The summed E-state index contributed by atoms with van der Waals surface area (Å²) in [5.74, 6) is -4.16. The Labute approximate surface area is 176 Å². The van der Waals surface area contributed by atoms with E-state index in [2.05, 4.69) is 5.32 Å². The number of halogens is 7. The van der Waals surface area contributed by atoms with Gasteiger partial charge in [0.15, 0.2) is 0 Å². The molecule has 0 bridgehead atoms. The standard InChI is InChI=1S/C20H16F7NO4/c1-10(17(30)31)8-16(29)28-13-5-2-11(3-6-13)14-7-4-12(9-15(14)21)18(32,19(22,23)24)20(25,26)27/h2-7,9-10,32H,8H2,1H3,(H,28,29)(H,30,31). The van der Waals surface area contributed by atoms with Crippen LogP contribution in [0.5, 0.6) is 0 Å². The Hall–Kier alpha value is -3.15. The molecule has 0 fully saturated rings. The van der Waals surface area contributed by atoms with Crippen LogP contribution in [0.2, 0.25) is 0 Å². The van der Waals surface area contributed by atoms with Gasteiger partial charge in [-0.2, -0.15) is 26.3 Å². The summed E-state index contributed by atoms with van der Waals surface area (Å²) < 4.78 is 92.1. The SMILES string of the molecule is CC(CC(=O)Nc1ccc(-c2ccc(C(O)(C(F)(F)F)C(F)(F)F)cc2F)cc1)C(=O)O. The molecule has 32 heavy (non-hydrogen) atoms. The second kappa shape index (κ2) is 8.77. The second-order valence-corrected chi connectivity index (χ2v) is 6.97. The first-order valence-electron chi connectivity index (χ1n) is 8.87. The zero-order valence-corrected chi connectivity index (χ0v) is 16.2. The lowest BCUT2D eigenvalue weighted by atomic mass is 9.90. The first-order valence-corrected chi connectivity index (χ1v) is 8.87. The van der Waals surface area contributed by atoms with E-state index in [9.17, 15) is 45.4 Å². The smallest absolute Gasteiger partial charge is 0.430 e. The van der Waals surface area contributed by atoms with Crippen LogP contribution in [0.1, 0.15) is 18.9 Å². The average Bonchev–Trinajstić information content (AvgIpc) is 2.66. The topological polar surface area (TPSA) is 86.6 Å². The van der Waals surface area contributed by atoms with Crippen molar-refractivity contribution in [1.29, 1.82) is 0 Å². The van der Waals surface area contributed by atoms with E-state index >= 15 is 0 Å². The fraction of sp³-hybridized carbons (Fsp3) is 0.300. The molecule has 0 heterocycles. The van der Waals surface area contributed by atoms with Crippen molar-refractivity contribution in [1.82, 2.24) is 0 Å². The highest BCUT2D eigenvalue weighted by Gasteiger charge is 2.71. The van der Waals surface area contributed by atoms with Crippen molar-refractivity contribution >= 4 is 17.6 Å². The summed E-state index contributed by atoms with van der Waals surface area (Å²) in [5.41, 5.74) is -7.06. The summed E-state index contributed by atoms with van der Waals surface area (Å²) in [7, 11) is 0. The van der Waals surface area contributed by atoms with E-state index in [1.165, 1.54) is 31.2 Å². The molecule has 0 radical (unpaired) electrons. The lowest BCUT2D eigenvalue weighted by Crippen LogP contribution is -2.53. The largest absolute Gasteiger partial charge is 0.481 e. The van der Waals surface area contributed by atoms with Crippen LogP contribution in [-0.2, 0) is 15.2 Å². The van der Waals surface area contributed by atoms with Crippen LogP contribution < -0.4 is 5.32 Å². The number of aliphatic carboxylic acids is 1. The average molecular weight is 467 g/mol. The molecule has 0 spiro atoms. The highest BCUT2D eigenvalue weighted by Crippen LogP contribution is 2.50. The van der Waals surface area contributed by atoms with E-state index in [1.807, 2.05) is 0 Å². The Morgan fingerprint density at radius 2 is 1.50 bits per heavy atom. The Bertz CT molecular complexity index is 986. The van der Waals surface area contributed by atoms with Gasteiger partial charge in [0, 0.05) is 23.2 Å². The van der Waals surface area contributed by atoms with Gasteiger partial charge >= 0.3 is 18.3 Å². The molecule has 12 heteroatoms. The number of anilines is 1. The number of hydrogen-bond donors (Lipinski definition) is 3. The number of amides is 1. The van der Waals surface area contributed by atoms with Gasteiger partial charge in [-0.15, -0.1) is 0 Å². The number of carboxylic acids is 1. The molecule has 0 saturated heterocycles. The van der Waals surface area contributed by atoms with Gasteiger partial charge in [-0.3, -0.25) is 9.59 Å². The minimum Gasteiger partial charge on any atom is -0.481 e. The third-order valence-corrected chi connectivity index (χ3v) is 4.60. The molecule has 5 nitrogen and oxygen atoms in total. The highest BCUT2D eigenvalue weighted by molar-refractivity contribution is 5.93. The summed E-state index contributed by atoms with van der Waals surface area (Å²) in [6.45, 7) is 1.33. The molecule has 1 amide bonds. The number of alkyl halides is 6. The minimum atomic E-state index is -6.14. The molecule has 0 aromatic heterocycles. The molecule has 174 valence electrons. The van der Waals surface area contributed by atoms with Gasteiger partial charge in [-0.25, -0.2) is 4.39 Å². The molecule has 0 aliphatic heterocycles. The third kappa shape index (κ3) is 5.01. The zero-order valence-electron chi connectivity index (χ0n) is 16.2. The zero-order chi connectivity index (χ0) is 24.5. The lowest BCUT2D eigenvalue weighted by molar-refractivity contribution is -0.376. The summed E-state index contributed by atoms with van der Waals surface area (Å²) >= 11 is 0. The molecule has 1 atom stereocenters. The number of carbonyl (C=O) groups is 2. The van der Waals surface area contributed by atoms with E-state index in [1.54, 1.807) is 0 Å². The van der Waals surface area contributed by atoms with Gasteiger partial charge in [0.05, 0.1) is 5.92 Å². The molecule has 2 rings (SSSR count). The van der Waals surface area contributed by atoms with E-state index in [0.29, 0.717) is 12.1 Å². The molecular weight excluding hydrogens is 451 g/mol. The van der Waals surface area contributed by atoms with Crippen LogP contribution in [0.15, 0.2) is 42.5 Å². The Kier molecular flexibility index (Phi) is 6.88. The van der Waals surface area contributed by atoms with Crippen molar-refractivity contribution in [2.75, 3.05) is 5.32 Å². The maximum Gasteiger partial charge on any atom is 0.430 e. The predicted octanol–water partition coefficient (Wildman–Crippen LogP) is 4.85. The highest BCUT2D eigenvalue weighted by atomic mass is 19.4. The van der Waals surface area contributed by atoms with Gasteiger partial charge in [0.2, 0.25) is 5.91 Å². The molecule has 3 N–H and O–H groups in total. The van der Waals surface area contributed by atoms with Gasteiger partial charge in [-0.05, 0) is 23.8 Å². The fourth-order valence-corrected chi connectivity index (χ4v) is 2.77. The summed E-state index contributed by atoms with van der Waals surface area (Å²) in [5, 5.41) is 20.6. The molecular formula is C20H16F7NO4. The minimum absolute atomic E-state index is 0.0424. The Balaban J connectivity index is 2.29. The van der Waals surface area contributed by atoms with Crippen molar-refractivity contribution in [3.63, 3.8) is 0 Å². The van der Waals surface area contributed by atoms with Crippen molar-refractivity contribution in [3.8, 4) is 11.1 Å². The van der Waals surface area contributed by atoms with E-state index < -0.39 is 47.1 Å². The molecule has 0 aliphatic carbocycles. The van der Waals surface area contributed by atoms with Crippen molar-refractivity contribution < 1.29 is 50.5 Å². The van der Waals surface area contributed by atoms with Crippen LogP contribution >= 0.6 is 0 Å². The summed E-state index contributed by atoms with van der Waals surface area (Å²) in [6.07, 6.45) is -12.6. The van der Waals surface area contributed by atoms with Gasteiger partial charge in [-0.1, -0.05) is 31.2 Å². The van der Waals surface area contributed by atoms with Crippen molar-refractivity contribution in [2.24, 2.45) is 5.92 Å². The molecule has 0 aliphatic rings. The van der Waals surface area contributed by atoms with Crippen LogP contribution in [0, 0.1) is 11.7 Å². The van der Waals surface area contributed by atoms with Gasteiger partial charge < -0.3 is 15.5 Å². The maximum atomic E-state index is 14.4. The fourth-order valence-electron chi connectivity index (χ4n) is 2.77. The Morgan fingerprint density at radius 3 is 1.94 bits per heavy atom. The second-order valence-electron chi connectivity index (χ2n) is 6.97. The van der Waals surface area contributed by atoms with E-state index in [4.69, 9.17) is 5.11 Å². The lowest BCUT2D eigenvalue weighted by Gasteiger charge is -2.32. The summed E-state index contributed by atoms with van der Waals surface area (Å²) in [4.78, 5) is 22.5. The number of nitrogens with one attached hydrogen (secondary N) is 1. The Morgan fingerprint density at radius 1 is 0.969 bits per heavy atom. The van der Waals surface area contributed by atoms with Crippen molar-refractivity contribution in [3.05, 3.63) is 53.8 Å². The van der Waals surface area contributed by atoms with Crippen LogP contribution in [0.4, 0.5) is 36.4 Å². The van der Waals surface area contributed by atoms with Gasteiger partial charge in [0.1, 0.15) is 5.82 Å². The number of benzene rings is 2. The van der Waals surface area contributed by atoms with Crippen LogP contribution in [-0.4, -0.2) is 34.4 Å². The molecule has 2 aromatic rings. The molecule has 1 unspecified atom stereocenters. The molecule has 0 saturated carbocycles. The molecule has 2 aromatic carbocycles. The van der Waals surface area contributed by atoms with Crippen LogP contribution in [0.25, 0.3) is 11.1 Å². The maximum absolute atomic E-state index is 14.4. The number of carbonyl (C=O) groups excluding carboxylic acids is 1. The number of aliphatic hydroxyl groups is 1. The summed E-state index contributed by atoms with van der Waals surface area (Å²) in [6, 6.07) is 6.00. The van der Waals surface area contributed by atoms with Gasteiger partial charge in [0.25, 0.3) is 5.60 Å². The number of hydrogen-bond acceptors (Lipinski definition) is 3.